The lowest BCUT2D eigenvalue weighted by atomic mass is 9.72. The predicted molar refractivity (Wildman–Crippen MR) is 168 cm³/mol. The second-order valence-corrected chi connectivity index (χ2v) is 13.3. The van der Waals surface area contributed by atoms with Gasteiger partial charge < -0.3 is 25.3 Å². The maximum absolute atomic E-state index is 13.7. The highest BCUT2D eigenvalue weighted by Gasteiger charge is 2.48. The van der Waals surface area contributed by atoms with Crippen molar-refractivity contribution in [1.29, 1.82) is 0 Å². The lowest BCUT2D eigenvalue weighted by molar-refractivity contribution is -0.138. The number of likely N-dealkylation sites (tertiary alicyclic amines) is 1. The Balaban J connectivity index is 1.03. The van der Waals surface area contributed by atoms with Crippen LogP contribution in [0, 0.1) is 5.41 Å². The van der Waals surface area contributed by atoms with Crippen LogP contribution in [0.2, 0.25) is 0 Å². The number of nitrogens with zero attached hydrogens (tertiary/aromatic N) is 2. The Morgan fingerprint density at radius 2 is 1.89 bits per heavy atom. The van der Waals surface area contributed by atoms with E-state index in [2.05, 4.69) is 20.6 Å². The van der Waals surface area contributed by atoms with Crippen LogP contribution in [-0.4, -0.2) is 51.7 Å². The first kappa shape index (κ1) is 28.5. The van der Waals surface area contributed by atoms with E-state index in [1.165, 1.54) is 6.42 Å². The van der Waals surface area contributed by atoms with Gasteiger partial charge in [0.1, 0.15) is 17.5 Å². The number of nitrogens with one attached hydrogen (secondary N) is 3. The van der Waals surface area contributed by atoms with Gasteiger partial charge in [-0.25, -0.2) is 0 Å². The van der Waals surface area contributed by atoms with E-state index in [0.29, 0.717) is 24.3 Å². The lowest BCUT2D eigenvalue weighted by Crippen LogP contribution is -2.49. The average molecular weight is 610 g/mol. The molecule has 1 saturated heterocycles. The van der Waals surface area contributed by atoms with Crippen LogP contribution in [-0.2, 0) is 9.59 Å². The Hall–Kier alpha value is -4.31. The Labute approximate surface area is 260 Å². The minimum atomic E-state index is -0.583. The third-order valence-electron chi connectivity index (χ3n) is 9.21. The highest BCUT2D eigenvalue weighted by molar-refractivity contribution is 7.99. The van der Waals surface area contributed by atoms with Gasteiger partial charge in [-0.05, 0) is 74.1 Å². The van der Waals surface area contributed by atoms with Gasteiger partial charge in [-0.1, -0.05) is 43.2 Å². The van der Waals surface area contributed by atoms with E-state index in [1.54, 1.807) is 41.2 Å². The summed E-state index contributed by atoms with van der Waals surface area (Å²) >= 11 is 1.59. The van der Waals surface area contributed by atoms with Crippen LogP contribution in [0.4, 0.5) is 0 Å². The first-order valence-electron chi connectivity index (χ1n) is 15.3. The number of fused-ring (bicyclic) bond motifs is 3. The quantitative estimate of drug-likeness (QED) is 0.218. The van der Waals surface area contributed by atoms with Gasteiger partial charge in [0.05, 0.1) is 22.4 Å². The maximum atomic E-state index is 13.7. The van der Waals surface area contributed by atoms with Crippen molar-refractivity contribution in [2.75, 3.05) is 13.1 Å². The van der Waals surface area contributed by atoms with E-state index in [1.807, 2.05) is 49.4 Å². The number of H-pyrrole nitrogens is 1. The van der Waals surface area contributed by atoms with Crippen LogP contribution in [0.15, 0.2) is 76.8 Å². The molecule has 10 heteroatoms. The standard InChI is InChI=1S/C34H35N5O4S/c1-21(25-15-23-18-35-14-11-24(23)38-25)37-33(42)26-17-34(12-5-2-6-13-34)20-39(26)31(40)19-36-32(41)22-9-10-30-28(16-22)43-27-7-3-4-8-29(27)44-30/h3-4,7-11,14-16,18,21,26,38H,2,5-6,12-13,17,19-20H2,1H3,(H,36,41)(H,37,42)/t21-,26+/m1/s1. The summed E-state index contributed by atoms with van der Waals surface area (Å²) in [6, 6.07) is 16.1. The number of hydrogen-bond donors (Lipinski definition) is 3. The van der Waals surface area contributed by atoms with E-state index in [4.69, 9.17) is 4.74 Å². The maximum Gasteiger partial charge on any atom is 0.251 e. The number of carbonyl (C=O) groups is 3. The van der Waals surface area contributed by atoms with Crippen LogP contribution in [0.1, 0.15) is 67.5 Å². The van der Waals surface area contributed by atoms with Crippen molar-refractivity contribution in [1.82, 2.24) is 25.5 Å². The summed E-state index contributed by atoms with van der Waals surface area (Å²) in [5.74, 6) is 0.597. The van der Waals surface area contributed by atoms with Gasteiger partial charge in [-0.3, -0.25) is 19.4 Å². The van der Waals surface area contributed by atoms with Crippen LogP contribution >= 0.6 is 11.8 Å². The summed E-state index contributed by atoms with van der Waals surface area (Å²) < 4.78 is 6.03. The van der Waals surface area contributed by atoms with Crippen molar-refractivity contribution >= 4 is 40.4 Å². The first-order valence-corrected chi connectivity index (χ1v) is 16.1. The average Bonchev–Trinajstić information content (AvgIpc) is 3.65. The largest absolute Gasteiger partial charge is 0.455 e. The van der Waals surface area contributed by atoms with E-state index in [-0.39, 0.29) is 35.7 Å². The molecule has 2 aromatic heterocycles. The van der Waals surface area contributed by atoms with Gasteiger partial charge in [0.25, 0.3) is 5.91 Å². The number of amides is 3. The van der Waals surface area contributed by atoms with Crippen molar-refractivity contribution in [2.24, 2.45) is 5.41 Å². The van der Waals surface area contributed by atoms with Crippen LogP contribution < -0.4 is 15.4 Å². The summed E-state index contributed by atoms with van der Waals surface area (Å²) in [7, 11) is 0. The van der Waals surface area contributed by atoms with E-state index < -0.39 is 6.04 Å². The number of ether oxygens (including phenoxy) is 1. The van der Waals surface area contributed by atoms with Crippen molar-refractivity contribution < 1.29 is 19.1 Å². The van der Waals surface area contributed by atoms with E-state index in [0.717, 1.165) is 57.8 Å². The molecule has 9 nitrogen and oxygen atoms in total. The fourth-order valence-electron chi connectivity index (χ4n) is 6.86. The minimum Gasteiger partial charge on any atom is -0.455 e. The molecule has 44 heavy (non-hydrogen) atoms. The fraction of sp³-hybridized carbons (Fsp3) is 0.353. The number of para-hydroxylation sites is 1. The second kappa shape index (κ2) is 11.6. The Bertz CT molecular complexity index is 1710. The molecule has 1 spiro atoms. The smallest absolute Gasteiger partial charge is 0.251 e. The van der Waals surface area contributed by atoms with Crippen molar-refractivity contribution in [2.45, 2.75) is 67.3 Å². The zero-order valence-electron chi connectivity index (χ0n) is 24.6. The Morgan fingerprint density at radius 1 is 1.07 bits per heavy atom. The number of rotatable bonds is 6. The Kier molecular flexibility index (Phi) is 7.53. The van der Waals surface area contributed by atoms with Crippen LogP contribution in [0.3, 0.4) is 0 Å². The molecule has 2 fully saturated rings. The Morgan fingerprint density at radius 3 is 2.73 bits per heavy atom. The molecule has 0 radical (unpaired) electrons. The summed E-state index contributed by atoms with van der Waals surface area (Å²) in [6.45, 7) is 2.29. The normalized spacial score (nSPS) is 19.1. The van der Waals surface area contributed by atoms with Crippen LogP contribution in [0.25, 0.3) is 10.9 Å². The summed E-state index contributed by atoms with van der Waals surface area (Å²) in [4.78, 5) is 51.7. The molecular formula is C34H35N5O4S. The van der Waals surface area contributed by atoms with Gasteiger partial charge >= 0.3 is 0 Å². The number of benzene rings is 2. The van der Waals surface area contributed by atoms with Crippen molar-refractivity contribution in [3.05, 3.63) is 78.2 Å². The second-order valence-electron chi connectivity index (χ2n) is 12.2. The summed E-state index contributed by atoms with van der Waals surface area (Å²) in [5.41, 5.74) is 2.20. The highest BCUT2D eigenvalue weighted by Crippen LogP contribution is 2.48. The summed E-state index contributed by atoms with van der Waals surface area (Å²) in [5, 5.41) is 6.92. The zero-order valence-corrected chi connectivity index (χ0v) is 25.4. The molecule has 0 bridgehead atoms. The third-order valence-corrected chi connectivity index (χ3v) is 10.3. The molecule has 1 saturated carbocycles. The molecule has 3 amide bonds. The van der Waals surface area contributed by atoms with Gasteiger partial charge in [0, 0.05) is 41.1 Å². The zero-order chi connectivity index (χ0) is 30.3. The fourth-order valence-corrected chi connectivity index (χ4v) is 7.79. The molecule has 2 aliphatic heterocycles. The SMILES string of the molecule is C[C@@H](NC(=O)[C@@H]1CC2(CCCCC2)CN1C(=O)CNC(=O)c1ccc2c(c1)Oc1ccccc1S2)c1cc2cnccc2[nH]1. The van der Waals surface area contributed by atoms with Crippen molar-refractivity contribution in [3.8, 4) is 11.5 Å². The number of carbonyl (C=O) groups excluding carboxylic acids is 3. The highest BCUT2D eigenvalue weighted by atomic mass is 32.2. The number of aromatic amines is 1. The monoisotopic (exact) mass is 609 g/mol. The van der Waals surface area contributed by atoms with E-state index in [9.17, 15) is 14.4 Å². The van der Waals surface area contributed by atoms with Gasteiger partial charge in [-0.2, -0.15) is 0 Å². The molecule has 4 heterocycles. The number of pyridine rings is 1. The molecule has 0 unspecified atom stereocenters. The molecule has 2 atom stereocenters. The molecular weight excluding hydrogens is 574 g/mol. The predicted octanol–water partition coefficient (Wildman–Crippen LogP) is 5.98. The summed E-state index contributed by atoms with van der Waals surface area (Å²) in [6.07, 6.45) is 9.57. The topological polar surface area (TPSA) is 116 Å². The molecule has 7 rings (SSSR count). The van der Waals surface area contributed by atoms with Crippen LogP contribution in [0.5, 0.6) is 11.5 Å². The van der Waals surface area contributed by atoms with Gasteiger partial charge in [0.2, 0.25) is 11.8 Å². The molecule has 2 aromatic carbocycles. The molecule has 226 valence electrons. The first-order chi connectivity index (χ1) is 21.4. The van der Waals surface area contributed by atoms with Gasteiger partial charge in [0.15, 0.2) is 0 Å². The molecule has 3 N–H and O–H groups in total. The third kappa shape index (κ3) is 5.54. The lowest BCUT2D eigenvalue weighted by Gasteiger charge is -2.33. The minimum absolute atomic E-state index is 0.0558. The van der Waals surface area contributed by atoms with Gasteiger partial charge in [-0.15, -0.1) is 0 Å². The number of hydrogen-bond acceptors (Lipinski definition) is 6. The van der Waals surface area contributed by atoms with Crippen molar-refractivity contribution in [3.63, 3.8) is 0 Å². The molecule has 1 aliphatic carbocycles. The molecule has 3 aliphatic rings. The number of aromatic nitrogens is 2. The van der Waals surface area contributed by atoms with E-state index >= 15 is 0 Å². The molecule has 4 aromatic rings.